The number of imidazole rings is 1. The lowest BCUT2D eigenvalue weighted by atomic mass is 10.1. The highest BCUT2D eigenvalue weighted by molar-refractivity contribution is 6.00. The summed E-state index contributed by atoms with van der Waals surface area (Å²) in [7, 11) is 1.59. The predicted molar refractivity (Wildman–Crippen MR) is 112 cm³/mol. The number of anilines is 1. The molecule has 8 heteroatoms. The predicted octanol–water partition coefficient (Wildman–Crippen LogP) is 2.70. The smallest absolute Gasteiger partial charge is 0.303 e. The Morgan fingerprint density at radius 2 is 1.96 bits per heavy atom. The molecule has 28 heavy (non-hydrogen) atoms. The Bertz CT molecular complexity index is 1110. The van der Waals surface area contributed by atoms with Crippen LogP contribution in [0, 0.1) is 5.92 Å². The van der Waals surface area contributed by atoms with Crippen molar-refractivity contribution in [2.45, 2.75) is 40.2 Å². The molecule has 0 saturated carbocycles. The summed E-state index contributed by atoms with van der Waals surface area (Å²) in [6.07, 6.45) is 1.76. The molecule has 0 spiro atoms. The Balaban J connectivity index is 2.11. The minimum absolute atomic E-state index is 0.280. The zero-order valence-corrected chi connectivity index (χ0v) is 16.7. The van der Waals surface area contributed by atoms with Crippen LogP contribution in [-0.4, -0.2) is 24.8 Å². The first-order chi connectivity index (χ1) is 13.4. The molecule has 0 saturated heterocycles. The first-order valence-electron chi connectivity index (χ1n) is 9.49. The standard InChI is InChI=1S/C20H26N6O2/c1-5-9-15(14-10-7-6-8-11-14)23-24-19-21-17-16(26(19)12-13(2)3)18(27)22-20(28)25(17)4/h6-8,10-11,13H,5,9,12H2,1-4H3,(H,21,24)(H,22,27,28)/b23-15+. The van der Waals surface area contributed by atoms with E-state index in [0.717, 1.165) is 24.1 Å². The Morgan fingerprint density at radius 3 is 2.61 bits per heavy atom. The summed E-state index contributed by atoms with van der Waals surface area (Å²) in [4.78, 5) is 31.2. The summed E-state index contributed by atoms with van der Waals surface area (Å²) in [6.45, 7) is 6.79. The van der Waals surface area contributed by atoms with Gasteiger partial charge in [0.05, 0.1) is 5.71 Å². The maximum atomic E-state index is 12.4. The zero-order chi connectivity index (χ0) is 20.3. The zero-order valence-electron chi connectivity index (χ0n) is 16.7. The van der Waals surface area contributed by atoms with E-state index in [2.05, 4.69) is 41.3 Å². The minimum atomic E-state index is -0.488. The van der Waals surface area contributed by atoms with Gasteiger partial charge in [-0.2, -0.15) is 10.1 Å². The van der Waals surface area contributed by atoms with Gasteiger partial charge < -0.3 is 4.57 Å². The molecule has 0 unspecified atom stereocenters. The number of nitrogens with one attached hydrogen (secondary N) is 2. The molecule has 1 aromatic carbocycles. The van der Waals surface area contributed by atoms with Gasteiger partial charge in [0.2, 0.25) is 5.95 Å². The maximum Gasteiger partial charge on any atom is 0.329 e. The molecular formula is C20H26N6O2. The van der Waals surface area contributed by atoms with Crippen LogP contribution in [0.5, 0.6) is 0 Å². The van der Waals surface area contributed by atoms with Gasteiger partial charge in [0, 0.05) is 13.6 Å². The Morgan fingerprint density at radius 1 is 1.25 bits per heavy atom. The van der Waals surface area contributed by atoms with E-state index >= 15 is 0 Å². The number of hydrazone groups is 1. The summed E-state index contributed by atoms with van der Waals surface area (Å²) < 4.78 is 3.13. The SMILES string of the molecule is CCC/C(=N\Nc1nc2c(c(=O)[nH]c(=O)n2C)n1CC(C)C)c1ccccc1. The molecule has 2 aromatic heterocycles. The quantitative estimate of drug-likeness (QED) is 0.485. The van der Waals surface area contributed by atoms with Crippen LogP contribution in [0.15, 0.2) is 45.0 Å². The van der Waals surface area contributed by atoms with E-state index in [1.807, 2.05) is 30.3 Å². The molecule has 0 radical (unpaired) electrons. The fourth-order valence-electron chi connectivity index (χ4n) is 3.11. The van der Waals surface area contributed by atoms with Crippen LogP contribution < -0.4 is 16.7 Å². The van der Waals surface area contributed by atoms with Crippen LogP contribution in [0.25, 0.3) is 11.2 Å². The lowest BCUT2D eigenvalue weighted by Gasteiger charge is -2.11. The summed E-state index contributed by atoms with van der Waals surface area (Å²) >= 11 is 0. The number of hydrogen-bond acceptors (Lipinski definition) is 5. The van der Waals surface area contributed by atoms with Crippen molar-refractivity contribution in [3.05, 3.63) is 56.7 Å². The average molecular weight is 382 g/mol. The first kappa shape index (κ1) is 19.6. The van der Waals surface area contributed by atoms with Gasteiger partial charge in [-0.1, -0.05) is 57.5 Å². The van der Waals surface area contributed by atoms with Crippen molar-refractivity contribution in [1.29, 1.82) is 0 Å². The summed E-state index contributed by atoms with van der Waals surface area (Å²) in [5, 5.41) is 4.58. The largest absolute Gasteiger partial charge is 0.329 e. The monoisotopic (exact) mass is 382 g/mol. The van der Waals surface area contributed by atoms with Gasteiger partial charge in [-0.3, -0.25) is 14.3 Å². The van der Waals surface area contributed by atoms with Gasteiger partial charge in [0.15, 0.2) is 11.2 Å². The highest BCUT2D eigenvalue weighted by Gasteiger charge is 2.18. The van der Waals surface area contributed by atoms with E-state index in [1.54, 1.807) is 11.6 Å². The number of nitrogens with zero attached hydrogens (tertiary/aromatic N) is 4. The number of aryl methyl sites for hydroxylation is 1. The number of fused-ring (bicyclic) bond motifs is 1. The van der Waals surface area contributed by atoms with Crippen molar-refractivity contribution in [2.24, 2.45) is 18.1 Å². The Hall–Kier alpha value is -3.16. The first-order valence-corrected chi connectivity index (χ1v) is 9.49. The molecular weight excluding hydrogens is 356 g/mol. The number of benzene rings is 1. The fraction of sp³-hybridized carbons (Fsp3) is 0.400. The lowest BCUT2D eigenvalue weighted by molar-refractivity contribution is 0.535. The van der Waals surface area contributed by atoms with Crippen molar-refractivity contribution in [2.75, 3.05) is 5.43 Å². The van der Waals surface area contributed by atoms with Gasteiger partial charge in [0.1, 0.15) is 0 Å². The van der Waals surface area contributed by atoms with Crippen LogP contribution in [0.4, 0.5) is 5.95 Å². The normalized spacial score (nSPS) is 12.1. The van der Waals surface area contributed by atoms with Crippen molar-refractivity contribution in [3.8, 4) is 0 Å². The molecule has 2 N–H and O–H groups in total. The Labute approximate surface area is 162 Å². The molecule has 0 amide bonds. The fourth-order valence-corrected chi connectivity index (χ4v) is 3.11. The van der Waals surface area contributed by atoms with E-state index in [-0.39, 0.29) is 5.92 Å². The maximum absolute atomic E-state index is 12.4. The number of aromatic nitrogens is 4. The molecule has 0 bridgehead atoms. The summed E-state index contributed by atoms with van der Waals surface area (Å²) in [5.41, 5.74) is 4.75. The number of aromatic amines is 1. The van der Waals surface area contributed by atoms with Crippen LogP contribution in [0.3, 0.4) is 0 Å². The van der Waals surface area contributed by atoms with Gasteiger partial charge in [0.25, 0.3) is 5.56 Å². The third-order valence-electron chi connectivity index (χ3n) is 4.44. The van der Waals surface area contributed by atoms with Gasteiger partial charge >= 0.3 is 5.69 Å². The second-order valence-electron chi connectivity index (χ2n) is 7.22. The molecule has 0 atom stereocenters. The molecule has 3 aromatic rings. The summed E-state index contributed by atoms with van der Waals surface area (Å²) in [6, 6.07) is 9.95. The third-order valence-corrected chi connectivity index (χ3v) is 4.44. The second kappa shape index (κ2) is 8.24. The summed E-state index contributed by atoms with van der Waals surface area (Å²) in [5.74, 6) is 0.725. The molecule has 148 valence electrons. The van der Waals surface area contributed by atoms with E-state index < -0.39 is 11.2 Å². The van der Waals surface area contributed by atoms with Crippen molar-refractivity contribution in [1.82, 2.24) is 19.1 Å². The van der Waals surface area contributed by atoms with Gasteiger partial charge in [-0.05, 0) is 17.9 Å². The third kappa shape index (κ3) is 3.90. The van der Waals surface area contributed by atoms with Crippen LogP contribution in [-0.2, 0) is 13.6 Å². The number of H-pyrrole nitrogens is 1. The second-order valence-corrected chi connectivity index (χ2v) is 7.22. The molecule has 0 aliphatic carbocycles. The van der Waals surface area contributed by atoms with E-state index in [9.17, 15) is 9.59 Å². The molecule has 0 fully saturated rings. The van der Waals surface area contributed by atoms with Gasteiger partial charge in [-0.25, -0.2) is 10.2 Å². The lowest BCUT2D eigenvalue weighted by Crippen LogP contribution is -2.29. The van der Waals surface area contributed by atoms with Crippen molar-refractivity contribution in [3.63, 3.8) is 0 Å². The van der Waals surface area contributed by atoms with Crippen molar-refractivity contribution < 1.29 is 0 Å². The van der Waals surface area contributed by atoms with E-state index in [1.165, 1.54) is 4.57 Å². The molecule has 0 aliphatic heterocycles. The molecule has 8 nitrogen and oxygen atoms in total. The molecule has 3 rings (SSSR count). The highest BCUT2D eigenvalue weighted by atomic mass is 16.2. The number of rotatable bonds is 7. The number of hydrogen-bond donors (Lipinski definition) is 2. The topological polar surface area (TPSA) is 97.1 Å². The van der Waals surface area contributed by atoms with E-state index in [0.29, 0.717) is 23.7 Å². The van der Waals surface area contributed by atoms with Crippen LogP contribution >= 0.6 is 0 Å². The van der Waals surface area contributed by atoms with Crippen molar-refractivity contribution >= 4 is 22.8 Å². The minimum Gasteiger partial charge on any atom is -0.303 e. The van der Waals surface area contributed by atoms with Crippen LogP contribution in [0.1, 0.15) is 39.2 Å². The van der Waals surface area contributed by atoms with Gasteiger partial charge in [-0.15, -0.1) is 0 Å². The Kier molecular flexibility index (Phi) is 5.77. The van der Waals surface area contributed by atoms with E-state index in [4.69, 9.17) is 0 Å². The van der Waals surface area contributed by atoms with Crippen LogP contribution in [0.2, 0.25) is 0 Å². The average Bonchev–Trinajstić information content (AvgIpc) is 3.02. The molecule has 2 heterocycles. The highest BCUT2D eigenvalue weighted by Crippen LogP contribution is 2.18. The molecule has 0 aliphatic rings.